The lowest BCUT2D eigenvalue weighted by molar-refractivity contribution is 0.229. The van der Waals surface area contributed by atoms with E-state index in [9.17, 15) is 8.78 Å². The Morgan fingerprint density at radius 3 is 2.14 bits per heavy atom. The number of halogens is 3. The molecule has 0 bridgehead atoms. The van der Waals surface area contributed by atoms with Crippen molar-refractivity contribution in [1.29, 1.82) is 0 Å². The molecule has 1 aromatic carbocycles. The molecule has 4 heteroatoms. The third kappa shape index (κ3) is 5.36. The largest absolute Gasteiger partial charge is 0.493 e. The highest BCUT2D eigenvalue weighted by atomic mass is 127. The fourth-order valence-corrected chi connectivity index (χ4v) is 3.71. The van der Waals surface area contributed by atoms with E-state index in [1.54, 1.807) is 22.6 Å². The van der Waals surface area contributed by atoms with Crippen molar-refractivity contribution in [2.75, 3.05) is 6.61 Å². The second-order valence-electron chi connectivity index (χ2n) is 6.37. The van der Waals surface area contributed by atoms with Gasteiger partial charge in [-0.3, -0.25) is 0 Å². The molecule has 1 nitrogen and oxygen atoms in total. The molecule has 1 aliphatic carbocycles. The standard InChI is InChI=1S/C18H25F2IO/c1-2-4-13-6-8-14(9-7-13)5-3-10-22-15-11-16(19)18(21)17(20)12-15/h11-14H,2-10H2,1H3. The lowest BCUT2D eigenvalue weighted by Crippen LogP contribution is -2.15. The lowest BCUT2D eigenvalue weighted by Gasteiger charge is -2.28. The van der Waals surface area contributed by atoms with Crippen LogP contribution in [0.3, 0.4) is 0 Å². The zero-order valence-corrected chi connectivity index (χ0v) is 15.4. The van der Waals surface area contributed by atoms with E-state index < -0.39 is 11.6 Å². The van der Waals surface area contributed by atoms with Gasteiger partial charge in [0.05, 0.1) is 10.2 Å². The SMILES string of the molecule is CCCC1CCC(CCCOc2cc(F)c(I)c(F)c2)CC1. The van der Waals surface area contributed by atoms with E-state index in [0.29, 0.717) is 12.4 Å². The molecule has 0 amide bonds. The molecule has 124 valence electrons. The van der Waals surface area contributed by atoms with Crippen molar-refractivity contribution in [1.82, 2.24) is 0 Å². The Hall–Kier alpha value is -0.390. The highest BCUT2D eigenvalue weighted by molar-refractivity contribution is 14.1. The molecule has 1 fully saturated rings. The van der Waals surface area contributed by atoms with Gasteiger partial charge in [-0.15, -0.1) is 0 Å². The summed E-state index contributed by atoms with van der Waals surface area (Å²) in [4.78, 5) is 0. The third-order valence-electron chi connectivity index (χ3n) is 4.65. The molecule has 0 unspecified atom stereocenters. The number of hydrogen-bond acceptors (Lipinski definition) is 1. The van der Waals surface area contributed by atoms with E-state index in [0.717, 1.165) is 24.7 Å². The maximum Gasteiger partial charge on any atom is 0.143 e. The molecule has 0 radical (unpaired) electrons. The molecule has 1 saturated carbocycles. The number of benzene rings is 1. The molecular weight excluding hydrogens is 397 g/mol. The maximum absolute atomic E-state index is 13.4. The summed E-state index contributed by atoms with van der Waals surface area (Å²) in [5, 5.41) is 0. The summed E-state index contributed by atoms with van der Waals surface area (Å²) in [6.07, 6.45) is 10.2. The summed E-state index contributed by atoms with van der Waals surface area (Å²) in [5.41, 5.74) is 0. The van der Waals surface area contributed by atoms with Gasteiger partial charge in [-0.25, -0.2) is 8.78 Å². The molecule has 0 aliphatic heterocycles. The summed E-state index contributed by atoms with van der Waals surface area (Å²) in [7, 11) is 0. The van der Waals surface area contributed by atoms with Crippen LogP contribution in [0.4, 0.5) is 8.78 Å². The fraction of sp³-hybridized carbons (Fsp3) is 0.667. The summed E-state index contributed by atoms with van der Waals surface area (Å²) in [5.74, 6) is 0.939. The second kappa shape index (κ2) is 9.04. The molecule has 1 aliphatic rings. The maximum atomic E-state index is 13.4. The highest BCUT2D eigenvalue weighted by Gasteiger charge is 2.20. The zero-order chi connectivity index (χ0) is 15.9. The van der Waals surface area contributed by atoms with Gasteiger partial charge >= 0.3 is 0 Å². The van der Waals surface area contributed by atoms with Gasteiger partial charge < -0.3 is 4.74 Å². The monoisotopic (exact) mass is 422 g/mol. The van der Waals surface area contributed by atoms with E-state index >= 15 is 0 Å². The minimum atomic E-state index is -0.551. The van der Waals surface area contributed by atoms with Crippen molar-refractivity contribution < 1.29 is 13.5 Å². The first-order valence-electron chi connectivity index (χ1n) is 8.37. The van der Waals surface area contributed by atoms with Crippen molar-refractivity contribution >= 4 is 22.6 Å². The molecule has 0 heterocycles. The van der Waals surface area contributed by atoms with Gasteiger partial charge in [0.25, 0.3) is 0 Å². The van der Waals surface area contributed by atoms with Gasteiger partial charge in [0.2, 0.25) is 0 Å². The predicted molar refractivity (Wildman–Crippen MR) is 94.2 cm³/mol. The van der Waals surface area contributed by atoms with Gasteiger partial charge in [0.1, 0.15) is 17.4 Å². The first kappa shape index (κ1) is 18.0. The summed E-state index contributed by atoms with van der Waals surface area (Å²) in [6, 6.07) is 2.53. The topological polar surface area (TPSA) is 9.23 Å². The van der Waals surface area contributed by atoms with E-state index in [2.05, 4.69) is 6.92 Å². The van der Waals surface area contributed by atoms with Crippen LogP contribution < -0.4 is 4.74 Å². The number of ether oxygens (including phenoxy) is 1. The molecule has 2 rings (SSSR count). The molecule has 22 heavy (non-hydrogen) atoms. The van der Waals surface area contributed by atoms with Gasteiger partial charge in [-0.1, -0.05) is 45.4 Å². The Kier molecular flexibility index (Phi) is 7.38. The highest BCUT2D eigenvalue weighted by Crippen LogP contribution is 2.33. The Morgan fingerprint density at radius 2 is 1.59 bits per heavy atom. The van der Waals surface area contributed by atoms with Crippen LogP contribution >= 0.6 is 22.6 Å². The Labute approximate surface area is 146 Å². The van der Waals surface area contributed by atoms with Gasteiger partial charge in [0, 0.05) is 12.1 Å². The summed E-state index contributed by atoms with van der Waals surface area (Å²) in [6.45, 7) is 2.80. The summed E-state index contributed by atoms with van der Waals surface area (Å²) >= 11 is 1.66. The van der Waals surface area contributed by atoms with Gasteiger partial charge in [-0.05, 0) is 47.3 Å². The minimum Gasteiger partial charge on any atom is -0.493 e. The summed E-state index contributed by atoms with van der Waals surface area (Å²) < 4.78 is 32.3. The molecule has 0 spiro atoms. The van der Waals surface area contributed by atoms with Crippen LogP contribution in [-0.2, 0) is 0 Å². The third-order valence-corrected chi connectivity index (χ3v) is 5.68. The molecule has 0 N–H and O–H groups in total. The molecule has 0 aromatic heterocycles. The van der Waals surface area contributed by atoms with E-state index in [-0.39, 0.29) is 3.57 Å². The second-order valence-corrected chi connectivity index (χ2v) is 7.45. The Morgan fingerprint density at radius 1 is 1.05 bits per heavy atom. The van der Waals surface area contributed by atoms with Gasteiger partial charge in [-0.2, -0.15) is 0 Å². The Bertz CT molecular complexity index is 447. The van der Waals surface area contributed by atoms with Crippen LogP contribution in [0.25, 0.3) is 0 Å². The van der Waals surface area contributed by atoms with Crippen LogP contribution in [0, 0.1) is 27.0 Å². The van der Waals surface area contributed by atoms with E-state index in [1.807, 2.05) is 0 Å². The minimum absolute atomic E-state index is 0.0220. The van der Waals surface area contributed by atoms with Crippen LogP contribution in [0.2, 0.25) is 0 Å². The molecular formula is C18H25F2IO. The molecule has 0 saturated heterocycles. The van der Waals surface area contributed by atoms with Crippen LogP contribution in [0.5, 0.6) is 5.75 Å². The van der Waals surface area contributed by atoms with E-state index in [1.165, 1.54) is 50.7 Å². The van der Waals surface area contributed by atoms with Crippen molar-refractivity contribution in [2.24, 2.45) is 11.8 Å². The Balaban J connectivity index is 1.66. The smallest absolute Gasteiger partial charge is 0.143 e. The average molecular weight is 422 g/mol. The first-order chi connectivity index (χ1) is 10.6. The van der Waals surface area contributed by atoms with Crippen LogP contribution in [0.1, 0.15) is 58.3 Å². The van der Waals surface area contributed by atoms with Crippen LogP contribution in [0.15, 0.2) is 12.1 Å². The van der Waals surface area contributed by atoms with E-state index in [4.69, 9.17) is 4.74 Å². The van der Waals surface area contributed by atoms with Crippen molar-refractivity contribution in [3.05, 3.63) is 27.3 Å². The quantitative estimate of drug-likeness (QED) is 0.283. The number of hydrogen-bond donors (Lipinski definition) is 0. The normalized spacial score (nSPS) is 21.8. The van der Waals surface area contributed by atoms with Crippen molar-refractivity contribution in [2.45, 2.75) is 58.3 Å². The first-order valence-corrected chi connectivity index (χ1v) is 9.45. The average Bonchev–Trinajstić information content (AvgIpc) is 2.51. The predicted octanol–water partition coefficient (Wildman–Crippen LogP) is 6.33. The number of rotatable bonds is 7. The molecule has 0 atom stereocenters. The van der Waals surface area contributed by atoms with Gasteiger partial charge in [0.15, 0.2) is 0 Å². The molecule has 1 aromatic rings. The zero-order valence-electron chi connectivity index (χ0n) is 13.2. The fourth-order valence-electron chi connectivity index (χ4n) is 3.39. The lowest BCUT2D eigenvalue weighted by atomic mass is 9.78. The van der Waals surface area contributed by atoms with Crippen molar-refractivity contribution in [3.63, 3.8) is 0 Å². The van der Waals surface area contributed by atoms with Crippen molar-refractivity contribution in [3.8, 4) is 5.75 Å². The van der Waals surface area contributed by atoms with Crippen LogP contribution in [-0.4, -0.2) is 6.61 Å².